The Bertz CT molecular complexity index is 1210. The molecule has 170 valence electrons. The van der Waals surface area contributed by atoms with Gasteiger partial charge in [-0.3, -0.25) is 14.5 Å². The second-order valence-electron chi connectivity index (χ2n) is 7.99. The van der Waals surface area contributed by atoms with E-state index in [0.29, 0.717) is 37.4 Å². The molecule has 1 atom stereocenters. The van der Waals surface area contributed by atoms with Crippen LogP contribution in [0.3, 0.4) is 0 Å². The number of amides is 1. The van der Waals surface area contributed by atoms with E-state index in [1.54, 1.807) is 4.90 Å². The van der Waals surface area contributed by atoms with Gasteiger partial charge >= 0.3 is 6.18 Å². The van der Waals surface area contributed by atoms with Crippen LogP contribution in [0.5, 0.6) is 0 Å². The molecule has 1 aromatic carbocycles. The molecule has 0 bridgehead atoms. The summed E-state index contributed by atoms with van der Waals surface area (Å²) in [5, 5.41) is 0.635. The van der Waals surface area contributed by atoms with Crippen molar-refractivity contribution in [2.45, 2.75) is 33.0 Å². The minimum Gasteiger partial charge on any atom is -0.336 e. The van der Waals surface area contributed by atoms with Crippen LogP contribution in [-0.4, -0.2) is 51.9 Å². The van der Waals surface area contributed by atoms with Gasteiger partial charge in [-0.15, -0.1) is 11.3 Å². The van der Waals surface area contributed by atoms with Crippen LogP contribution < -0.4 is 5.56 Å². The summed E-state index contributed by atoms with van der Waals surface area (Å²) in [5.74, 6) is 0.301. The summed E-state index contributed by atoms with van der Waals surface area (Å²) in [4.78, 5) is 38.4. The van der Waals surface area contributed by atoms with Gasteiger partial charge in [0.1, 0.15) is 10.7 Å². The molecule has 1 amide bonds. The lowest BCUT2D eigenvalue weighted by molar-refractivity contribution is -0.137. The van der Waals surface area contributed by atoms with Crippen LogP contribution in [-0.2, 0) is 6.18 Å². The number of aryl methyl sites for hydroxylation is 2. The number of carbonyl (C=O) groups is 1. The minimum absolute atomic E-state index is 0.141. The van der Waals surface area contributed by atoms with E-state index in [1.165, 1.54) is 23.5 Å². The number of alkyl halides is 3. The monoisotopic (exact) mass is 464 g/mol. The number of piperazine rings is 1. The number of hydrogen-bond acceptors (Lipinski definition) is 5. The molecule has 2 aromatic heterocycles. The van der Waals surface area contributed by atoms with Crippen molar-refractivity contribution in [3.05, 3.63) is 62.0 Å². The fourth-order valence-electron chi connectivity index (χ4n) is 3.94. The molecule has 0 saturated carbocycles. The smallest absolute Gasteiger partial charge is 0.336 e. The Balaban J connectivity index is 1.44. The van der Waals surface area contributed by atoms with Gasteiger partial charge in [0.25, 0.3) is 11.5 Å². The van der Waals surface area contributed by atoms with Crippen LogP contribution in [0, 0.1) is 13.8 Å². The molecule has 0 radical (unpaired) electrons. The molecular weight excluding hydrogens is 441 g/mol. The minimum atomic E-state index is -4.43. The van der Waals surface area contributed by atoms with Crippen molar-refractivity contribution in [1.82, 2.24) is 19.8 Å². The SMILES string of the molecule is Cc1sc2nc(C(C)N3CCN(C(=O)c4ccc(C(F)(F)F)cc4)CC3)[nH]c(=O)c2c1C. The number of fused-ring (bicyclic) bond motifs is 1. The van der Waals surface area contributed by atoms with Crippen molar-refractivity contribution in [3.8, 4) is 0 Å². The van der Waals surface area contributed by atoms with E-state index in [2.05, 4.69) is 14.9 Å². The first-order valence-electron chi connectivity index (χ1n) is 10.3. The molecule has 1 fully saturated rings. The Labute approximate surface area is 186 Å². The van der Waals surface area contributed by atoms with E-state index >= 15 is 0 Å². The quantitative estimate of drug-likeness (QED) is 0.633. The number of H-pyrrole nitrogens is 1. The summed E-state index contributed by atoms with van der Waals surface area (Å²) in [7, 11) is 0. The molecule has 1 aliphatic heterocycles. The number of thiophene rings is 1. The Morgan fingerprint density at radius 2 is 1.75 bits per heavy atom. The molecule has 6 nitrogen and oxygen atoms in total. The number of nitrogens with zero attached hydrogens (tertiary/aromatic N) is 3. The number of rotatable bonds is 3. The second kappa shape index (κ2) is 8.32. The maximum absolute atomic E-state index is 12.7. The summed E-state index contributed by atoms with van der Waals surface area (Å²) < 4.78 is 38.2. The van der Waals surface area contributed by atoms with Crippen LogP contribution >= 0.6 is 11.3 Å². The molecule has 1 N–H and O–H groups in total. The van der Waals surface area contributed by atoms with Crippen molar-refractivity contribution >= 4 is 27.5 Å². The van der Waals surface area contributed by atoms with Gasteiger partial charge in [0.05, 0.1) is 17.0 Å². The van der Waals surface area contributed by atoms with Gasteiger partial charge in [-0.25, -0.2) is 4.98 Å². The van der Waals surface area contributed by atoms with Gasteiger partial charge in [0.2, 0.25) is 0 Å². The zero-order valence-corrected chi connectivity index (χ0v) is 18.7. The summed E-state index contributed by atoms with van der Waals surface area (Å²) in [5.41, 5.74) is 0.268. The van der Waals surface area contributed by atoms with Gasteiger partial charge in [0.15, 0.2) is 0 Å². The van der Waals surface area contributed by atoms with Crippen LogP contribution in [0.1, 0.15) is 45.2 Å². The number of halogens is 3. The first-order valence-corrected chi connectivity index (χ1v) is 11.1. The Kier molecular flexibility index (Phi) is 5.85. The molecular formula is C22H23F3N4O2S. The van der Waals surface area contributed by atoms with Gasteiger partial charge in [-0.2, -0.15) is 13.2 Å². The summed E-state index contributed by atoms with van der Waals surface area (Å²) in [6.45, 7) is 7.86. The number of carbonyl (C=O) groups excluding carboxylic acids is 1. The lowest BCUT2D eigenvalue weighted by atomic mass is 10.1. The largest absolute Gasteiger partial charge is 0.416 e. The fourth-order valence-corrected chi connectivity index (χ4v) is 4.98. The standard InChI is InChI=1S/C22H23F3N4O2S/c1-12-14(3)32-20-17(12)19(30)26-18(27-20)13(2)28-8-10-29(11-9-28)21(31)15-4-6-16(7-5-15)22(23,24)25/h4-7,13H,8-11H2,1-3H3,(H,26,27,30). The third-order valence-corrected chi connectivity index (χ3v) is 7.16. The van der Waals surface area contributed by atoms with E-state index in [0.717, 1.165) is 27.4 Å². The molecule has 32 heavy (non-hydrogen) atoms. The summed E-state index contributed by atoms with van der Waals surface area (Å²) >= 11 is 1.50. The Hall–Kier alpha value is -2.72. The number of benzene rings is 1. The topological polar surface area (TPSA) is 69.3 Å². The molecule has 3 heterocycles. The first-order chi connectivity index (χ1) is 15.1. The molecule has 3 aromatic rings. The van der Waals surface area contributed by atoms with Gasteiger partial charge in [0, 0.05) is 36.6 Å². The van der Waals surface area contributed by atoms with Crippen LogP contribution in [0.4, 0.5) is 13.2 Å². The Morgan fingerprint density at radius 3 is 2.34 bits per heavy atom. The third kappa shape index (κ3) is 4.16. The fraction of sp³-hybridized carbons (Fsp3) is 0.409. The van der Waals surface area contributed by atoms with Gasteiger partial charge < -0.3 is 9.88 Å². The van der Waals surface area contributed by atoms with E-state index in [4.69, 9.17) is 0 Å². The zero-order valence-electron chi connectivity index (χ0n) is 17.9. The van der Waals surface area contributed by atoms with E-state index < -0.39 is 11.7 Å². The number of aromatic nitrogens is 2. The van der Waals surface area contributed by atoms with Crippen molar-refractivity contribution < 1.29 is 18.0 Å². The highest BCUT2D eigenvalue weighted by atomic mass is 32.1. The van der Waals surface area contributed by atoms with Crippen LogP contribution in [0.15, 0.2) is 29.1 Å². The highest BCUT2D eigenvalue weighted by Crippen LogP contribution is 2.30. The first kappa shape index (κ1) is 22.5. The van der Waals surface area contributed by atoms with Crippen molar-refractivity contribution in [3.63, 3.8) is 0 Å². The number of nitrogens with one attached hydrogen (secondary N) is 1. The average Bonchev–Trinajstić information content (AvgIpc) is 3.06. The molecule has 4 rings (SSSR count). The zero-order chi connectivity index (χ0) is 23.2. The number of aromatic amines is 1. The maximum Gasteiger partial charge on any atom is 0.416 e. The lowest BCUT2D eigenvalue weighted by Crippen LogP contribution is -2.49. The van der Waals surface area contributed by atoms with Crippen molar-refractivity contribution in [2.75, 3.05) is 26.2 Å². The normalized spacial score (nSPS) is 16.5. The predicted octanol–water partition coefficient (Wildman–Crippen LogP) is 4.14. The average molecular weight is 465 g/mol. The van der Waals surface area contributed by atoms with Crippen LogP contribution in [0.2, 0.25) is 0 Å². The Morgan fingerprint density at radius 1 is 1.12 bits per heavy atom. The van der Waals surface area contributed by atoms with E-state index in [-0.39, 0.29) is 23.1 Å². The molecule has 1 unspecified atom stereocenters. The molecule has 10 heteroatoms. The van der Waals surface area contributed by atoms with E-state index in [9.17, 15) is 22.8 Å². The summed E-state index contributed by atoms with van der Waals surface area (Å²) in [6.07, 6.45) is -4.43. The van der Waals surface area contributed by atoms with Crippen molar-refractivity contribution in [1.29, 1.82) is 0 Å². The van der Waals surface area contributed by atoms with Crippen LogP contribution in [0.25, 0.3) is 10.2 Å². The second-order valence-corrected chi connectivity index (χ2v) is 9.20. The third-order valence-electron chi connectivity index (χ3n) is 6.06. The molecule has 1 aliphatic rings. The molecule has 1 saturated heterocycles. The molecule has 0 aliphatic carbocycles. The van der Waals surface area contributed by atoms with Crippen molar-refractivity contribution in [2.24, 2.45) is 0 Å². The van der Waals surface area contributed by atoms with Gasteiger partial charge in [-0.05, 0) is 50.6 Å². The highest BCUT2D eigenvalue weighted by molar-refractivity contribution is 7.18. The van der Waals surface area contributed by atoms with E-state index in [1.807, 2.05) is 20.8 Å². The summed E-state index contributed by atoms with van der Waals surface area (Å²) in [6, 6.07) is 4.15. The van der Waals surface area contributed by atoms with Gasteiger partial charge in [-0.1, -0.05) is 0 Å². The molecule has 0 spiro atoms. The number of hydrogen-bond donors (Lipinski definition) is 1. The highest BCUT2D eigenvalue weighted by Gasteiger charge is 2.31. The maximum atomic E-state index is 12.7. The lowest BCUT2D eigenvalue weighted by Gasteiger charge is -2.37. The predicted molar refractivity (Wildman–Crippen MR) is 117 cm³/mol.